The molecule has 0 radical (unpaired) electrons. The van der Waals surface area contributed by atoms with Gasteiger partial charge in [-0.2, -0.15) is 4.73 Å². The number of aromatic nitrogens is 1. The molecule has 0 bridgehead atoms. The number of carbonyl (C=O) groups excluding carboxylic acids is 1. The van der Waals surface area contributed by atoms with Crippen molar-refractivity contribution in [3.05, 3.63) is 137 Å². The predicted octanol–water partition coefficient (Wildman–Crippen LogP) is 5.60. The Morgan fingerprint density at radius 3 is 1.57 bits per heavy atom. The molecular weight excluding hydrogens is 390 g/mol. The van der Waals surface area contributed by atoms with E-state index in [2.05, 4.69) is 36.4 Å². The maximum atomic E-state index is 13.2. The van der Waals surface area contributed by atoms with Crippen molar-refractivity contribution in [2.45, 2.75) is 11.8 Å². The number of pyridine rings is 1. The summed E-state index contributed by atoms with van der Waals surface area (Å²) in [7, 11) is 0. The Labute approximate surface area is 181 Å². The Morgan fingerprint density at radius 1 is 0.700 bits per heavy atom. The van der Waals surface area contributed by atoms with Gasteiger partial charge in [-0.05, 0) is 28.8 Å². The van der Waals surface area contributed by atoms with Crippen molar-refractivity contribution in [3.8, 4) is 0 Å². The van der Waals surface area contributed by atoms with Gasteiger partial charge in [-0.1, -0.05) is 109 Å². The van der Waals surface area contributed by atoms with Crippen molar-refractivity contribution >= 4 is 18.2 Å². The zero-order valence-corrected chi connectivity index (χ0v) is 17.2. The van der Waals surface area contributed by atoms with E-state index in [0.717, 1.165) is 16.7 Å². The number of carbonyl (C=O) groups is 1. The minimum absolute atomic E-state index is 0.127. The summed E-state index contributed by atoms with van der Waals surface area (Å²) >= 11 is 5.28. The van der Waals surface area contributed by atoms with Crippen molar-refractivity contribution in [2.75, 3.05) is 0 Å². The fourth-order valence-electron chi connectivity index (χ4n) is 3.82. The maximum absolute atomic E-state index is 13.2. The summed E-state index contributed by atoms with van der Waals surface area (Å²) in [6.07, 6.45) is 1.77. The first-order valence-electron chi connectivity index (χ1n) is 9.75. The van der Waals surface area contributed by atoms with Crippen LogP contribution in [0.1, 0.15) is 23.1 Å². The lowest BCUT2D eigenvalue weighted by Crippen LogP contribution is -2.35. The van der Waals surface area contributed by atoms with E-state index in [9.17, 15) is 4.79 Å². The molecule has 1 aromatic heterocycles. The van der Waals surface area contributed by atoms with E-state index in [1.54, 1.807) is 18.3 Å². The van der Waals surface area contributed by atoms with Crippen molar-refractivity contribution in [1.82, 2.24) is 4.73 Å². The van der Waals surface area contributed by atoms with Gasteiger partial charge in [-0.3, -0.25) is 0 Å². The van der Waals surface area contributed by atoms with E-state index in [1.807, 2.05) is 60.7 Å². The molecule has 4 aromatic rings. The first kappa shape index (κ1) is 19.8. The summed E-state index contributed by atoms with van der Waals surface area (Å²) in [5, 5.41) is 0. The van der Waals surface area contributed by atoms with Gasteiger partial charge in [0.2, 0.25) is 0 Å². The quantitative estimate of drug-likeness (QED) is 0.306. The van der Waals surface area contributed by atoms with Crippen LogP contribution in [0.15, 0.2) is 115 Å². The number of benzene rings is 3. The highest BCUT2D eigenvalue weighted by Gasteiger charge is 2.39. The molecule has 0 atom stereocenters. The molecule has 148 valence electrons. The van der Waals surface area contributed by atoms with Crippen LogP contribution in [0.5, 0.6) is 0 Å². The Hall–Kier alpha value is -3.50. The molecule has 3 aromatic carbocycles. The lowest BCUT2D eigenvalue weighted by atomic mass is 9.67. The van der Waals surface area contributed by atoms with Crippen LogP contribution in [0, 0.1) is 4.64 Å². The Morgan fingerprint density at radius 2 is 1.13 bits per heavy atom. The Kier molecular flexibility index (Phi) is 5.87. The average molecular weight is 412 g/mol. The van der Waals surface area contributed by atoms with Crippen molar-refractivity contribution in [2.24, 2.45) is 0 Å². The first-order chi connectivity index (χ1) is 14.7. The van der Waals surface area contributed by atoms with E-state index in [4.69, 9.17) is 17.1 Å². The second-order valence-electron chi connectivity index (χ2n) is 7.01. The zero-order chi connectivity index (χ0) is 20.8. The molecule has 4 heteroatoms. The third-order valence-electron chi connectivity index (χ3n) is 5.20. The number of nitrogens with zero attached hydrogens (tertiary/aromatic N) is 1. The number of rotatable bonds is 6. The molecule has 0 N–H and O–H groups in total. The lowest BCUT2D eigenvalue weighted by Gasteiger charge is -2.35. The highest BCUT2D eigenvalue weighted by atomic mass is 32.1. The fourth-order valence-corrected chi connectivity index (χ4v) is 4.00. The average Bonchev–Trinajstić information content (AvgIpc) is 2.81. The van der Waals surface area contributed by atoms with Gasteiger partial charge in [-0.25, -0.2) is 4.79 Å². The van der Waals surface area contributed by atoms with Gasteiger partial charge in [0.15, 0.2) is 0 Å². The van der Waals surface area contributed by atoms with E-state index in [0.29, 0.717) is 4.64 Å². The van der Waals surface area contributed by atoms with Gasteiger partial charge in [-0.15, -0.1) is 0 Å². The van der Waals surface area contributed by atoms with E-state index in [-0.39, 0.29) is 12.4 Å². The number of hydrogen-bond donors (Lipinski definition) is 0. The Bertz CT molecular complexity index is 1070. The van der Waals surface area contributed by atoms with Gasteiger partial charge in [0.1, 0.15) is 4.64 Å². The standard InChI is InChI=1S/C26H21NO2S/c28-25(29-27-19-11-10-18-24(27)30)20-26(21-12-4-1-5-13-21,22-14-6-2-7-15-22)23-16-8-3-9-17-23/h1-19H,20H2. The monoisotopic (exact) mass is 411 g/mol. The van der Waals surface area contributed by atoms with Crippen LogP contribution in [0.4, 0.5) is 0 Å². The predicted molar refractivity (Wildman–Crippen MR) is 121 cm³/mol. The molecule has 0 amide bonds. The topological polar surface area (TPSA) is 31.2 Å². The maximum Gasteiger partial charge on any atom is 0.334 e. The summed E-state index contributed by atoms with van der Waals surface area (Å²) < 4.78 is 1.78. The minimum atomic E-state index is -0.697. The SMILES string of the molecule is O=C(CC(c1ccccc1)(c1ccccc1)c1ccccc1)On1ccccc1=S. The van der Waals surface area contributed by atoms with Gasteiger partial charge in [0.05, 0.1) is 11.8 Å². The van der Waals surface area contributed by atoms with Crippen LogP contribution < -0.4 is 4.84 Å². The molecule has 0 fully saturated rings. The second kappa shape index (κ2) is 8.89. The van der Waals surface area contributed by atoms with Crippen LogP contribution in [0.2, 0.25) is 0 Å². The highest BCUT2D eigenvalue weighted by molar-refractivity contribution is 7.71. The molecule has 0 aliphatic rings. The third-order valence-corrected chi connectivity index (χ3v) is 5.51. The summed E-state index contributed by atoms with van der Waals surface area (Å²) in [5.74, 6) is -0.367. The molecule has 0 aliphatic heterocycles. The number of hydrogen-bond acceptors (Lipinski definition) is 3. The fraction of sp³-hybridized carbons (Fsp3) is 0.0769. The summed E-state index contributed by atoms with van der Waals surface area (Å²) in [4.78, 5) is 18.8. The minimum Gasteiger partial charge on any atom is -0.336 e. The Balaban J connectivity index is 1.86. The van der Waals surface area contributed by atoms with Crippen molar-refractivity contribution < 1.29 is 9.63 Å². The molecule has 4 rings (SSSR count). The summed E-state index contributed by atoms with van der Waals surface area (Å²) in [6.45, 7) is 0. The van der Waals surface area contributed by atoms with Gasteiger partial charge >= 0.3 is 5.97 Å². The zero-order valence-electron chi connectivity index (χ0n) is 16.3. The smallest absolute Gasteiger partial charge is 0.334 e. The lowest BCUT2D eigenvalue weighted by molar-refractivity contribution is -0.145. The van der Waals surface area contributed by atoms with Gasteiger partial charge in [0, 0.05) is 6.20 Å². The molecule has 0 saturated carbocycles. The normalized spacial score (nSPS) is 11.1. The third kappa shape index (κ3) is 3.95. The van der Waals surface area contributed by atoms with Crippen LogP contribution in [-0.2, 0) is 10.2 Å². The van der Waals surface area contributed by atoms with E-state index < -0.39 is 5.41 Å². The highest BCUT2D eigenvalue weighted by Crippen LogP contribution is 2.42. The first-order valence-corrected chi connectivity index (χ1v) is 10.2. The summed E-state index contributed by atoms with van der Waals surface area (Å²) in [6, 6.07) is 35.6. The molecule has 0 spiro atoms. The largest absolute Gasteiger partial charge is 0.336 e. The second-order valence-corrected chi connectivity index (χ2v) is 7.43. The van der Waals surface area contributed by atoms with Gasteiger partial charge < -0.3 is 4.84 Å². The molecule has 1 heterocycles. The molecule has 0 unspecified atom stereocenters. The molecule has 0 saturated heterocycles. The van der Waals surface area contributed by atoms with Crippen LogP contribution in [0.3, 0.4) is 0 Å². The van der Waals surface area contributed by atoms with Crippen LogP contribution in [0.25, 0.3) is 0 Å². The molecular formula is C26H21NO2S. The van der Waals surface area contributed by atoms with Crippen molar-refractivity contribution in [3.63, 3.8) is 0 Å². The van der Waals surface area contributed by atoms with E-state index in [1.165, 1.54) is 4.73 Å². The van der Waals surface area contributed by atoms with Gasteiger partial charge in [0.25, 0.3) is 0 Å². The molecule has 0 aliphatic carbocycles. The van der Waals surface area contributed by atoms with Crippen molar-refractivity contribution in [1.29, 1.82) is 0 Å². The van der Waals surface area contributed by atoms with E-state index >= 15 is 0 Å². The molecule has 3 nitrogen and oxygen atoms in total. The van der Waals surface area contributed by atoms with Crippen LogP contribution in [-0.4, -0.2) is 10.7 Å². The summed E-state index contributed by atoms with van der Waals surface area (Å²) in [5.41, 5.74) is 2.38. The molecule has 30 heavy (non-hydrogen) atoms. The van der Waals surface area contributed by atoms with Crippen LogP contribution >= 0.6 is 12.2 Å².